The Morgan fingerprint density at radius 1 is 0.962 bits per heavy atom. The molecule has 134 valence electrons. The van der Waals surface area contributed by atoms with E-state index in [2.05, 4.69) is 10.3 Å². The second kappa shape index (κ2) is 7.55. The number of hydrazine groups is 1. The number of amides is 1. The maximum atomic E-state index is 12.1. The summed E-state index contributed by atoms with van der Waals surface area (Å²) >= 11 is 0. The van der Waals surface area contributed by atoms with Gasteiger partial charge in [-0.1, -0.05) is 48.0 Å². The largest absolute Gasteiger partial charge is 0.484 e. The highest BCUT2D eigenvalue weighted by Gasteiger charge is 2.15. The molecule has 0 aliphatic heterocycles. The molecule has 0 aliphatic rings. The van der Waals surface area contributed by atoms with Crippen molar-refractivity contribution in [2.45, 2.75) is 11.8 Å². The van der Waals surface area contributed by atoms with Crippen molar-refractivity contribution in [3.05, 3.63) is 72.3 Å². The first-order valence-corrected chi connectivity index (χ1v) is 9.41. The van der Waals surface area contributed by atoms with E-state index in [0.717, 1.165) is 16.3 Å². The van der Waals surface area contributed by atoms with Gasteiger partial charge in [-0.05, 0) is 42.0 Å². The Balaban J connectivity index is 1.55. The van der Waals surface area contributed by atoms with Crippen LogP contribution in [0.3, 0.4) is 0 Å². The average molecular weight is 370 g/mol. The van der Waals surface area contributed by atoms with Gasteiger partial charge >= 0.3 is 0 Å². The van der Waals surface area contributed by atoms with E-state index in [1.165, 1.54) is 12.1 Å². The first kappa shape index (κ1) is 17.9. The van der Waals surface area contributed by atoms with Crippen LogP contribution in [-0.2, 0) is 14.8 Å². The highest BCUT2D eigenvalue weighted by atomic mass is 32.2. The number of benzene rings is 3. The number of carbonyl (C=O) groups is 1. The third-order valence-corrected chi connectivity index (χ3v) is 5.01. The van der Waals surface area contributed by atoms with E-state index >= 15 is 0 Å². The summed E-state index contributed by atoms with van der Waals surface area (Å²) in [6.45, 7) is 1.55. The number of fused-ring (bicyclic) bond motifs is 1. The second-order valence-corrected chi connectivity index (χ2v) is 7.45. The molecule has 3 rings (SSSR count). The summed E-state index contributed by atoms with van der Waals surface area (Å²) in [6, 6.07) is 19.5. The standard InChI is InChI=1S/C19H18N2O4S/c1-14-6-10-18(11-7-14)26(23,24)21-20-19(22)13-25-17-9-8-15-4-2-3-5-16(15)12-17/h2-12,21H,13H2,1H3,(H,20,22). The molecule has 0 unspecified atom stereocenters. The van der Waals surface area contributed by atoms with Crippen LogP contribution in [0.2, 0.25) is 0 Å². The Labute approximate surface area is 151 Å². The van der Waals surface area contributed by atoms with Crippen molar-refractivity contribution in [2.24, 2.45) is 0 Å². The molecule has 0 atom stereocenters. The Bertz CT molecular complexity index is 1030. The smallest absolute Gasteiger partial charge is 0.272 e. The van der Waals surface area contributed by atoms with E-state index in [-0.39, 0.29) is 11.5 Å². The molecular formula is C19H18N2O4S. The summed E-state index contributed by atoms with van der Waals surface area (Å²) in [6.07, 6.45) is 0. The zero-order valence-corrected chi connectivity index (χ0v) is 14.9. The number of aryl methyl sites for hydroxylation is 1. The van der Waals surface area contributed by atoms with Gasteiger partial charge < -0.3 is 4.74 Å². The molecule has 0 spiro atoms. The fourth-order valence-electron chi connectivity index (χ4n) is 2.34. The minimum absolute atomic E-state index is 0.0684. The van der Waals surface area contributed by atoms with Crippen LogP contribution in [0, 0.1) is 6.92 Å². The lowest BCUT2D eigenvalue weighted by atomic mass is 10.1. The molecule has 3 aromatic rings. The molecule has 7 heteroatoms. The van der Waals surface area contributed by atoms with Gasteiger partial charge in [0.05, 0.1) is 4.90 Å². The normalized spacial score (nSPS) is 11.3. The van der Waals surface area contributed by atoms with Gasteiger partial charge in [-0.2, -0.15) is 0 Å². The van der Waals surface area contributed by atoms with E-state index in [4.69, 9.17) is 4.74 Å². The van der Waals surface area contributed by atoms with Crippen molar-refractivity contribution in [3.63, 3.8) is 0 Å². The SMILES string of the molecule is Cc1ccc(S(=O)(=O)NNC(=O)COc2ccc3ccccc3c2)cc1. The first-order chi connectivity index (χ1) is 12.4. The molecule has 26 heavy (non-hydrogen) atoms. The van der Waals surface area contributed by atoms with Gasteiger partial charge in [0.25, 0.3) is 15.9 Å². The predicted molar refractivity (Wildman–Crippen MR) is 99.1 cm³/mol. The quantitative estimate of drug-likeness (QED) is 0.653. The monoisotopic (exact) mass is 370 g/mol. The molecule has 0 saturated heterocycles. The van der Waals surface area contributed by atoms with Crippen molar-refractivity contribution in [1.29, 1.82) is 0 Å². The van der Waals surface area contributed by atoms with Crippen LogP contribution >= 0.6 is 0 Å². The lowest BCUT2D eigenvalue weighted by molar-refractivity contribution is -0.123. The number of carbonyl (C=O) groups excluding carboxylic acids is 1. The maximum absolute atomic E-state index is 12.1. The summed E-state index contributed by atoms with van der Waals surface area (Å²) in [5, 5.41) is 2.06. The van der Waals surface area contributed by atoms with E-state index in [0.29, 0.717) is 5.75 Å². The van der Waals surface area contributed by atoms with Gasteiger partial charge in [-0.25, -0.2) is 8.42 Å². The van der Waals surface area contributed by atoms with Gasteiger partial charge in [0.2, 0.25) is 0 Å². The third-order valence-electron chi connectivity index (χ3n) is 3.75. The highest BCUT2D eigenvalue weighted by molar-refractivity contribution is 7.89. The number of hydrogen-bond donors (Lipinski definition) is 2. The topological polar surface area (TPSA) is 84.5 Å². The van der Waals surface area contributed by atoms with E-state index in [1.807, 2.05) is 43.3 Å². The van der Waals surface area contributed by atoms with Crippen LogP contribution in [0.4, 0.5) is 0 Å². The Morgan fingerprint density at radius 3 is 2.38 bits per heavy atom. The number of nitrogens with one attached hydrogen (secondary N) is 2. The highest BCUT2D eigenvalue weighted by Crippen LogP contribution is 2.20. The Kier molecular flexibility index (Phi) is 5.20. The molecule has 1 amide bonds. The molecule has 0 heterocycles. The number of ether oxygens (including phenoxy) is 1. The van der Waals surface area contributed by atoms with Crippen LogP contribution in [0.5, 0.6) is 5.75 Å². The van der Waals surface area contributed by atoms with Gasteiger partial charge in [0.15, 0.2) is 6.61 Å². The Hall–Kier alpha value is -2.90. The second-order valence-electron chi connectivity index (χ2n) is 5.76. The van der Waals surface area contributed by atoms with E-state index in [9.17, 15) is 13.2 Å². The van der Waals surface area contributed by atoms with Crippen molar-refractivity contribution >= 4 is 26.7 Å². The minimum atomic E-state index is -3.82. The van der Waals surface area contributed by atoms with E-state index < -0.39 is 15.9 Å². The fraction of sp³-hybridized carbons (Fsp3) is 0.105. The van der Waals surface area contributed by atoms with Crippen molar-refractivity contribution in [1.82, 2.24) is 10.3 Å². The summed E-state index contributed by atoms with van der Waals surface area (Å²) in [4.78, 5) is 14.0. The third kappa shape index (κ3) is 4.38. The fourth-order valence-corrected chi connectivity index (χ4v) is 3.20. The molecule has 0 saturated carbocycles. The molecule has 0 radical (unpaired) electrons. The lowest BCUT2D eigenvalue weighted by Gasteiger charge is -2.10. The molecular weight excluding hydrogens is 352 g/mol. The Morgan fingerprint density at radius 2 is 1.65 bits per heavy atom. The summed E-state index contributed by atoms with van der Waals surface area (Å²) < 4.78 is 29.6. The van der Waals surface area contributed by atoms with Crippen LogP contribution < -0.4 is 15.0 Å². The number of rotatable bonds is 6. The van der Waals surface area contributed by atoms with Crippen molar-refractivity contribution in [2.75, 3.05) is 6.61 Å². The zero-order valence-electron chi connectivity index (χ0n) is 14.1. The van der Waals surface area contributed by atoms with E-state index in [1.54, 1.807) is 18.2 Å². The van der Waals surface area contributed by atoms with Crippen LogP contribution in [0.1, 0.15) is 5.56 Å². The van der Waals surface area contributed by atoms with Gasteiger partial charge in [-0.15, -0.1) is 4.83 Å². The van der Waals surface area contributed by atoms with Crippen LogP contribution in [-0.4, -0.2) is 20.9 Å². The molecule has 2 N–H and O–H groups in total. The lowest BCUT2D eigenvalue weighted by Crippen LogP contribution is -2.43. The number of sulfonamides is 1. The van der Waals surface area contributed by atoms with Crippen molar-refractivity contribution in [3.8, 4) is 5.75 Å². The average Bonchev–Trinajstić information content (AvgIpc) is 2.65. The van der Waals surface area contributed by atoms with Gasteiger partial charge in [0, 0.05) is 0 Å². The summed E-state index contributed by atoms with van der Waals surface area (Å²) in [7, 11) is -3.82. The van der Waals surface area contributed by atoms with Gasteiger partial charge in [-0.3, -0.25) is 10.2 Å². The molecule has 0 fully saturated rings. The molecule has 6 nitrogen and oxygen atoms in total. The van der Waals surface area contributed by atoms with Gasteiger partial charge in [0.1, 0.15) is 5.75 Å². The van der Waals surface area contributed by atoms with Crippen LogP contribution in [0.25, 0.3) is 10.8 Å². The zero-order chi connectivity index (χ0) is 18.6. The predicted octanol–water partition coefficient (Wildman–Crippen LogP) is 2.54. The van der Waals surface area contributed by atoms with Crippen LogP contribution in [0.15, 0.2) is 71.6 Å². The number of hydrogen-bond acceptors (Lipinski definition) is 4. The first-order valence-electron chi connectivity index (χ1n) is 7.93. The maximum Gasteiger partial charge on any atom is 0.272 e. The molecule has 0 aromatic heterocycles. The molecule has 0 bridgehead atoms. The molecule has 3 aromatic carbocycles. The van der Waals surface area contributed by atoms with Crippen molar-refractivity contribution < 1.29 is 17.9 Å². The summed E-state index contributed by atoms with van der Waals surface area (Å²) in [5.41, 5.74) is 3.08. The molecule has 0 aliphatic carbocycles. The summed E-state index contributed by atoms with van der Waals surface area (Å²) in [5.74, 6) is -0.0749. The minimum Gasteiger partial charge on any atom is -0.484 e.